The number of imide groups is 1. The number of benzene rings is 2. The van der Waals surface area contributed by atoms with Gasteiger partial charge in [-0.3, -0.25) is 14.5 Å². The largest absolute Gasteiger partial charge is 0.493 e. The van der Waals surface area contributed by atoms with Crippen LogP contribution in [0.1, 0.15) is 29.9 Å². The molecule has 0 spiro atoms. The van der Waals surface area contributed by atoms with Crippen LogP contribution in [0.5, 0.6) is 11.5 Å². The molecule has 2 amide bonds. The van der Waals surface area contributed by atoms with Crippen LogP contribution in [0.15, 0.2) is 42.5 Å². The Bertz CT molecular complexity index is 780. The van der Waals surface area contributed by atoms with E-state index in [1.807, 2.05) is 43.3 Å². The zero-order chi connectivity index (χ0) is 18.0. The van der Waals surface area contributed by atoms with Crippen molar-refractivity contribution in [2.24, 2.45) is 0 Å². The van der Waals surface area contributed by atoms with Crippen molar-refractivity contribution in [1.29, 1.82) is 0 Å². The monoisotopic (exact) mass is 339 g/mol. The highest BCUT2D eigenvalue weighted by atomic mass is 16.5. The minimum Gasteiger partial charge on any atom is -0.493 e. The van der Waals surface area contributed by atoms with E-state index in [2.05, 4.69) is 0 Å². The third-order valence-corrected chi connectivity index (χ3v) is 4.51. The Hall–Kier alpha value is -2.82. The SMILES string of the molecule is COc1ccc(C2CC(=O)N(c3ccc(C)cc3)C(=O)C2)cc1OC. The maximum atomic E-state index is 12.6. The number of aryl methyl sites for hydroxylation is 1. The number of carbonyl (C=O) groups is 2. The highest BCUT2D eigenvalue weighted by molar-refractivity contribution is 6.17. The predicted molar refractivity (Wildman–Crippen MR) is 95.2 cm³/mol. The van der Waals surface area contributed by atoms with Gasteiger partial charge in [0.1, 0.15) is 0 Å². The summed E-state index contributed by atoms with van der Waals surface area (Å²) in [5, 5.41) is 0. The van der Waals surface area contributed by atoms with E-state index < -0.39 is 0 Å². The smallest absolute Gasteiger partial charge is 0.234 e. The molecule has 1 heterocycles. The molecule has 3 rings (SSSR count). The van der Waals surface area contributed by atoms with E-state index in [4.69, 9.17) is 9.47 Å². The Morgan fingerprint density at radius 2 is 1.48 bits per heavy atom. The van der Waals surface area contributed by atoms with E-state index in [1.165, 1.54) is 4.90 Å². The van der Waals surface area contributed by atoms with Crippen molar-refractivity contribution >= 4 is 17.5 Å². The molecule has 0 unspecified atom stereocenters. The Kier molecular flexibility index (Phi) is 4.74. The topological polar surface area (TPSA) is 55.8 Å². The Labute approximate surface area is 147 Å². The summed E-state index contributed by atoms with van der Waals surface area (Å²) in [5.74, 6) is 0.711. The van der Waals surface area contributed by atoms with Crippen molar-refractivity contribution in [3.8, 4) is 11.5 Å². The normalized spacial score (nSPS) is 15.4. The number of carbonyl (C=O) groups excluding carboxylic acids is 2. The zero-order valence-electron chi connectivity index (χ0n) is 14.6. The molecule has 0 aliphatic carbocycles. The molecule has 0 saturated carbocycles. The summed E-state index contributed by atoms with van der Waals surface area (Å²) < 4.78 is 10.6. The van der Waals surface area contributed by atoms with Gasteiger partial charge in [0.05, 0.1) is 19.9 Å². The predicted octanol–water partition coefficient (Wildman–Crippen LogP) is 3.45. The van der Waals surface area contributed by atoms with Crippen LogP contribution in [0.3, 0.4) is 0 Å². The van der Waals surface area contributed by atoms with Crippen molar-refractivity contribution < 1.29 is 19.1 Å². The van der Waals surface area contributed by atoms with E-state index in [0.717, 1.165) is 11.1 Å². The lowest BCUT2D eigenvalue weighted by Gasteiger charge is -2.30. The quantitative estimate of drug-likeness (QED) is 0.801. The molecule has 0 N–H and O–H groups in total. The summed E-state index contributed by atoms with van der Waals surface area (Å²) in [6.45, 7) is 1.97. The summed E-state index contributed by atoms with van der Waals surface area (Å²) in [4.78, 5) is 26.5. The minimum atomic E-state index is -0.181. The number of methoxy groups -OCH3 is 2. The lowest BCUT2D eigenvalue weighted by Crippen LogP contribution is -2.42. The molecule has 25 heavy (non-hydrogen) atoms. The van der Waals surface area contributed by atoms with Crippen LogP contribution in [0.25, 0.3) is 0 Å². The molecule has 2 aromatic rings. The van der Waals surface area contributed by atoms with Crippen LogP contribution in [-0.2, 0) is 9.59 Å². The van der Waals surface area contributed by atoms with Crippen molar-refractivity contribution in [1.82, 2.24) is 0 Å². The molecule has 1 fully saturated rings. The first-order valence-corrected chi connectivity index (χ1v) is 8.18. The maximum absolute atomic E-state index is 12.6. The first-order valence-electron chi connectivity index (χ1n) is 8.18. The third-order valence-electron chi connectivity index (χ3n) is 4.51. The number of amides is 2. The fourth-order valence-electron chi connectivity index (χ4n) is 3.14. The molecule has 0 radical (unpaired) electrons. The van der Waals surface area contributed by atoms with Crippen molar-refractivity contribution in [3.63, 3.8) is 0 Å². The zero-order valence-corrected chi connectivity index (χ0v) is 14.6. The molecule has 1 saturated heterocycles. The van der Waals surface area contributed by atoms with Gasteiger partial charge in [-0.15, -0.1) is 0 Å². The summed E-state index contributed by atoms with van der Waals surface area (Å²) in [6.07, 6.45) is 0.574. The minimum absolute atomic E-state index is 0.151. The molecule has 0 aromatic heterocycles. The molecule has 1 aliphatic heterocycles. The molecule has 1 aliphatic rings. The van der Waals surface area contributed by atoms with Crippen LogP contribution < -0.4 is 14.4 Å². The van der Waals surface area contributed by atoms with E-state index >= 15 is 0 Å². The number of nitrogens with zero attached hydrogens (tertiary/aromatic N) is 1. The van der Waals surface area contributed by atoms with Gasteiger partial charge in [0.15, 0.2) is 11.5 Å². The van der Waals surface area contributed by atoms with E-state index in [9.17, 15) is 9.59 Å². The van der Waals surface area contributed by atoms with Crippen molar-refractivity contribution in [3.05, 3.63) is 53.6 Å². The van der Waals surface area contributed by atoms with Crippen LogP contribution >= 0.6 is 0 Å². The second-order valence-corrected chi connectivity index (χ2v) is 6.18. The van der Waals surface area contributed by atoms with Crippen LogP contribution in [0.4, 0.5) is 5.69 Å². The second-order valence-electron chi connectivity index (χ2n) is 6.18. The fraction of sp³-hybridized carbons (Fsp3) is 0.300. The van der Waals surface area contributed by atoms with Gasteiger partial charge >= 0.3 is 0 Å². The summed E-state index contributed by atoms with van der Waals surface area (Å²) >= 11 is 0. The second kappa shape index (κ2) is 6.97. The van der Waals surface area contributed by atoms with Crippen LogP contribution in [0, 0.1) is 6.92 Å². The third kappa shape index (κ3) is 3.36. The summed E-state index contributed by atoms with van der Waals surface area (Å²) in [7, 11) is 3.14. The van der Waals surface area contributed by atoms with Gasteiger partial charge < -0.3 is 9.47 Å². The Balaban J connectivity index is 1.83. The highest BCUT2D eigenvalue weighted by Gasteiger charge is 2.34. The number of piperidine rings is 1. The van der Waals surface area contributed by atoms with Crippen LogP contribution in [0.2, 0.25) is 0 Å². The fourth-order valence-corrected chi connectivity index (χ4v) is 3.14. The van der Waals surface area contributed by atoms with E-state index in [1.54, 1.807) is 20.3 Å². The molecule has 2 aromatic carbocycles. The summed E-state index contributed by atoms with van der Waals surface area (Å²) in [5.41, 5.74) is 2.62. The first-order chi connectivity index (χ1) is 12.0. The number of rotatable bonds is 4. The van der Waals surface area contributed by atoms with Gasteiger partial charge in [0.25, 0.3) is 0 Å². The molecule has 0 bridgehead atoms. The number of anilines is 1. The average molecular weight is 339 g/mol. The van der Waals surface area contributed by atoms with Gasteiger partial charge in [-0.05, 0) is 36.8 Å². The van der Waals surface area contributed by atoms with Gasteiger partial charge in [0, 0.05) is 18.8 Å². The maximum Gasteiger partial charge on any atom is 0.234 e. The molecular weight excluding hydrogens is 318 g/mol. The molecule has 5 heteroatoms. The lowest BCUT2D eigenvalue weighted by molar-refractivity contribution is -0.129. The van der Waals surface area contributed by atoms with Gasteiger partial charge in [-0.2, -0.15) is 0 Å². The Morgan fingerprint density at radius 3 is 2.04 bits per heavy atom. The average Bonchev–Trinajstić information content (AvgIpc) is 2.62. The standard InChI is InChI=1S/C20H21NO4/c1-13-4-7-16(8-5-13)21-19(22)11-15(12-20(21)23)14-6-9-17(24-2)18(10-14)25-3/h4-10,15H,11-12H2,1-3H3. The number of hydrogen-bond acceptors (Lipinski definition) is 4. The first kappa shape index (κ1) is 17.0. The van der Waals surface area contributed by atoms with Gasteiger partial charge in [-0.1, -0.05) is 23.8 Å². The summed E-state index contributed by atoms with van der Waals surface area (Å²) in [6, 6.07) is 12.9. The van der Waals surface area contributed by atoms with E-state index in [0.29, 0.717) is 17.2 Å². The molecule has 5 nitrogen and oxygen atoms in total. The van der Waals surface area contributed by atoms with Gasteiger partial charge in [0.2, 0.25) is 11.8 Å². The molecule has 0 atom stereocenters. The van der Waals surface area contributed by atoms with Crippen LogP contribution in [-0.4, -0.2) is 26.0 Å². The van der Waals surface area contributed by atoms with Crippen molar-refractivity contribution in [2.45, 2.75) is 25.7 Å². The number of hydrogen-bond donors (Lipinski definition) is 0. The Morgan fingerprint density at radius 1 is 0.880 bits per heavy atom. The lowest BCUT2D eigenvalue weighted by atomic mass is 9.88. The number of ether oxygens (including phenoxy) is 2. The van der Waals surface area contributed by atoms with Crippen molar-refractivity contribution in [2.75, 3.05) is 19.1 Å². The molecule has 130 valence electrons. The highest BCUT2D eigenvalue weighted by Crippen LogP contribution is 2.36. The van der Waals surface area contributed by atoms with E-state index in [-0.39, 0.29) is 30.6 Å². The molecular formula is C20H21NO4. The van der Waals surface area contributed by atoms with Gasteiger partial charge in [-0.25, -0.2) is 0 Å².